The van der Waals surface area contributed by atoms with E-state index in [1.807, 2.05) is 20.8 Å². The minimum absolute atomic E-state index is 0.191. The Hall–Kier alpha value is -0.890. The first-order valence-electron chi connectivity index (χ1n) is 7.10. The fourth-order valence-electron chi connectivity index (χ4n) is 1.68. The molecule has 0 aromatic rings. The second-order valence-corrected chi connectivity index (χ2v) is 7.17. The van der Waals surface area contributed by atoms with E-state index < -0.39 is 29.9 Å². The van der Waals surface area contributed by atoms with Crippen LogP contribution in [0.4, 0.5) is 0 Å². The van der Waals surface area contributed by atoms with E-state index in [0.29, 0.717) is 24.0 Å². The number of aldehydes is 1. The van der Waals surface area contributed by atoms with E-state index >= 15 is 0 Å². The first-order valence-corrected chi connectivity index (χ1v) is 8.09. The number of aliphatic hydroxyl groups excluding tert-OH is 2. The maximum atomic E-state index is 10.8. The first-order chi connectivity index (χ1) is 10.0. The number of carbonyl (C=O) groups is 2. The third kappa shape index (κ3) is 10.8. The molecule has 3 N–H and O–H groups in total. The number of aliphatic hydroxyl groups is 2. The van der Waals surface area contributed by atoms with Gasteiger partial charge >= 0.3 is 5.97 Å². The summed E-state index contributed by atoms with van der Waals surface area (Å²) < 4.78 is 5.34. The molecule has 7 heteroatoms. The predicted octanol–water partition coefficient (Wildman–Crippen LogP) is 1.80. The molecule has 0 rings (SSSR count). The number of carbonyl (C=O) groups excluding carboxylic acids is 1. The highest BCUT2D eigenvalue weighted by atomic mass is 32.2. The number of rotatable bonds is 10. The van der Waals surface area contributed by atoms with Crippen LogP contribution >= 0.6 is 11.8 Å². The minimum Gasteiger partial charge on any atom is -0.478 e. The van der Waals surface area contributed by atoms with Crippen LogP contribution in [-0.2, 0) is 14.3 Å². The number of ether oxygens (including phenoxy) is 1. The van der Waals surface area contributed by atoms with Crippen molar-refractivity contribution in [2.24, 2.45) is 5.92 Å². The van der Waals surface area contributed by atoms with Crippen molar-refractivity contribution < 1.29 is 29.6 Å². The normalized spacial score (nSPS) is 16.9. The van der Waals surface area contributed by atoms with Crippen LogP contribution in [0.15, 0.2) is 11.0 Å². The van der Waals surface area contributed by atoms with Crippen LogP contribution in [0.2, 0.25) is 0 Å². The summed E-state index contributed by atoms with van der Waals surface area (Å²) >= 11 is 1.17. The van der Waals surface area contributed by atoms with E-state index in [-0.39, 0.29) is 5.75 Å². The van der Waals surface area contributed by atoms with Crippen molar-refractivity contribution >= 4 is 24.0 Å². The number of thioether (sulfide) groups is 1. The van der Waals surface area contributed by atoms with E-state index in [1.54, 1.807) is 0 Å². The van der Waals surface area contributed by atoms with Gasteiger partial charge in [0.05, 0.1) is 11.7 Å². The molecule has 0 amide bonds. The summed E-state index contributed by atoms with van der Waals surface area (Å²) in [6.45, 7) is 6.96. The molecule has 0 aliphatic rings. The van der Waals surface area contributed by atoms with Crippen LogP contribution in [0, 0.1) is 5.92 Å². The van der Waals surface area contributed by atoms with Gasteiger partial charge in [0.1, 0.15) is 6.29 Å². The van der Waals surface area contributed by atoms with Gasteiger partial charge in [-0.2, -0.15) is 0 Å². The minimum atomic E-state index is -1.09. The van der Waals surface area contributed by atoms with Crippen molar-refractivity contribution in [1.82, 2.24) is 0 Å². The number of hydrogen-bond acceptors (Lipinski definition) is 6. The van der Waals surface area contributed by atoms with Gasteiger partial charge in [0.15, 0.2) is 6.29 Å². The molecule has 0 saturated carbocycles. The molecule has 0 aromatic carbocycles. The molecule has 0 heterocycles. The second-order valence-electron chi connectivity index (χ2n) is 6.02. The van der Waals surface area contributed by atoms with Crippen molar-refractivity contribution in [2.45, 2.75) is 58.5 Å². The zero-order valence-electron chi connectivity index (χ0n) is 13.5. The molecule has 3 atom stereocenters. The average Bonchev–Trinajstić information content (AvgIpc) is 2.33. The molecule has 0 radical (unpaired) electrons. The molecule has 1 unspecified atom stereocenters. The summed E-state index contributed by atoms with van der Waals surface area (Å²) in [5, 5.41) is 28.0. The van der Waals surface area contributed by atoms with Crippen molar-refractivity contribution in [3.05, 3.63) is 11.0 Å². The van der Waals surface area contributed by atoms with Gasteiger partial charge in [0.2, 0.25) is 0 Å². The monoisotopic (exact) mass is 334 g/mol. The Kier molecular flexibility index (Phi) is 9.59. The van der Waals surface area contributed by atoms with E-state index in [2.05, 4.69) is 0 Å². The predicted molar refractivity (Wildman–Crippen MR) is 85.5 cm³/mol. The van der Waals surface area contributed by atoms with Crippen LogP contribution in [0.1, 0.15) is 40.5 Å². The third-order valence-corrected chi connectivity index (χ3v) is 3.85. The zero-order valence-corrected chi connectivity index (χ0v) is 14.3. The molecular weight excluding hydrogens is 308 g/mol. The number of aliphatic carboxylic acids is 1. The fraction of sp³-hybridized carbons (Fsp3) is 0.733. The van der Waals surface area contributed by atoms with Crippen molar-refractivity contribution in [2.75, 3.05) is 5.75 Å². The van der Waals surface area contributed by atoms with Gasteiger partial charge in [0.25, 0.3) is 0 Å². The summed E-state index contributed by atoms with van der Waals surface area (Å²) in [4.78, 5) is 22.2. The second kappa shape index (κ2) is 9.99. The standard InChI is InChI=1S/C15H26O6S/c1-10(17)11(8-16)5-6-12(7-13(18)19)22-9-14(20)21-15(2,3)4/h7-8,10-11,14,17,20H,5-6,9H2,1-4H3,(H,18,19)/b12-7-/t10-,11-,14?/m1/s1. The highest BCUT2D eigenvalue weighted by Crippen LogP contribution is 2.25. The van der Waals surface area contributed by atoms with E-state index in [0.717, 1.165) is 6.08 Å². The van der Waals surface area contributed by atoms with Crippen molar-refractivity contribution in [3.8, 4) is 0 Å². The van der Waals surface area contributed by atoms with Crippen LogP contribution in [0.5, 0.6) is 0 Å². The lowest BCUT2D eigenvalue weighted by molar-refractivity contribution is -0.151. The molecule has 0 bridgehead atoms. The third-order valence-electron chi connectivity index (χ3n) is 2.70. The molecule has 0 fully saturated rings. The summed E-state index contributed by atoms with van der Waals surface area (Å²) in [5.41, 5.74) is -0.494. The molecule has 0 spiro atoms. The molecular formula is C15H26O6S. The van der Waals surface area contributed by atoms with Crippen LogP contribution < -0.4 is 0 Å². The van der Waals surface area contributed by atoms with Gasteiger partial charge in [-0.15, -0.1) is 11.8 Å². The van der Waals surface area contributed by atoms with Crippen molar-refractivity contribution in [1.29, 1.82) is 0 Å². The number of allylic oxidation sites excluding steroid dienone is 1. The highest BCUT2D eigenvalue weighted by molar-refractivity contribution is 8.03. The molecule has 6 nitrogen and oxygen atoms in total. The van der Waals surface area contributed by atoms with E-state index in [1.165, 1.54) is 18.7 Å². The summed E-state index contributed by atoms with van der Waals surface area (Å²) in [6.07, 6.45) is 0.630. The summed E-state index contributed by atoms with van der Waals surface area (Å²) in [7, 11) is 0. The SMILES string of the molecule is C[C@@H](O)[C@@H](C=O)CC/C(=C/C(=O)O)SCC(O)OC(C)(C)C. The van der Waals surface area contributed by atoms with E-state index in [4.69, 9.17) is 9.84 Å². The Bertz CT molecular complexity index is 386. The Labute approximate surface area is 135 Å². The average molecular weight is 334 g/mol. The van der Waals surface area contributed by atoms with Gasteiger partial charge < -0.3 is 24.9 Å². The first kappa shape index (κ1) is 21.1. The maximum absolute atomic E-state index is 10.8. The molecule has 0 aliphatic carbocycles. The fourth-order valence-corrected chi connectivity index (χ4v) is 2.55. The lowest BCUT2D eigenvalue weighted by atomic mass is 9.99. The lowest BCUT2D eigenvalue weighted by Crippen LogP contribution is -2.28. The van der Waals surface area contributed by atoms with Crippen LogP contribution in [0.3, 0.4) is 0 Å². The number of hydrogen-bond donors (Lipinski definition) is 3. The lowest BCUT2D eigenvalue weighted by Gasteiger charge is -2.24. The Morgan fingerprint density at radius 2 is 1.91 bits per heavy atom. The van der Waals surface area contributed by atoms with Gasteiger partial charge in [-0.05, 0) is 45.4 Å². The highest BCUT2D eigenvalue weighted by Gasteiger charge is 2.18. The topological polar surface area (TPSA) is 104 Å². The maximum Gasteiger partial charge on any atom is 0.329 e. The summed E-state index contributed by atoms with van der Waals surface area (Å²) in [5.74, 6) is -1.43. The van der Waals surface area contributed by atoms with E-state index in [9.17, 15) is 19.8 Å². The Morgan fingerprint density at radius 1 is 1.32 bits per heavy atom. The molecule has 0 saturated heterocycles. The Morgan fingerprint density at radius 3 is 2.32 bits per heavy atom. The number of carboxylic acid groups (broad SMARTS) is 1. The van der Waals surface area contributed by atoms with Crippen LogP contribution in [0.25, 0.3) is 0 Å². The molecule has 0 aromatic heterocycles. The van der Waals surface area contributed by atoms with Gasteiger partial charge in [-0.1, -0.05) is 0 Å². The zero-order chi connectivity index (χ0) is 17.3. The van der Waals surface area contributed by atoms with Gasteiger partial charge in [-0.3, -0.25) is 0 Å². The summed E-state index contributed by atoms with van der Waals surface area (Å²) in [6, 6.07) is 0. The number of carboxylic acids is 1. The molecule has 0 aliphatic heterocycles. The largest absolute Gasteiger partial charge is 0.478 e. The molecule has 22 heavy (non-hydrogen) atoms. The van der Waals surface area contributed by atoms with Crippen molar-refractivity contribution in [3.63, 3.8) is 0 Å². The smallest absolute Gasteiger partial charge is 0.329 e. The quantitative estimate of drug-likeness (QED) is 0.318. The van der Waals surface area contributed by atoms with Gasteiger partial charge in [0, 0.05) is 17.7 Å². The molecule has 128 valence electrons. The Balaban J connectivity index is 4.54. The van der Waals surface area contributed by atoms with Crippen LogP contribution in [-0.4, -0.2) is 51.3 Å². The van der Waals surface area contributed by atoms with Gasteiger partial charge in [-0.25, -0.2) is 4.79 Å².